The number of amides is 2. The van der Waals surface area contributed by atoms with Crippen LogP contribution >= 0.6 is 0 Å². The van der Waals surface area contributed by atoms with Crippen LogP contribution in [0.25, 0.3) is 0 Å². The maximum atomic E-state index is 13.7. The standard InChI is InChI=1S/C35H44N4O6/c1-23-10-12-25(29(40)21-23)33(42)27-14-13-26(32(36)34(27)44-5)35(43)38(4)28-15-11-24(2)22-30(28)45-20-8-6-7-9-31(41)39-18-16-37(3)17-19-39/h10-15,21-22,40H,6-9,16-20,36H2,1-5H3. The minimum absolute atomic E-state index is 0.0208. The van der Waals surface area contributed by atoms with Crippen molar-refractivity contribution in [3.63, 3.8) is 0 Å². The van der Waals surface area contributed by atoms with E-state index in [1.54, 1.807) is 19.2 Å². The highest BCUT2D eigenvalue weighted by molar-refractivity contribution is 6.16. The lowest BCUT2D eigenvalue weighted by atomic mass is 9.97. The monoisotopic (exact) mass is 616 g/mol. The first-order valence-electron chi connectivity index (χ1n) is 15.3. The van der Waals surface area contributed by atoms with Crippen LogP contribution in [0.4, 0.5) is 11.4 Å². The third-order valence-electron chi connectivity index (χ3n) is 8.20. The predicted octanol–water partition coefficient (Wildman–Crippen LogP) is 4.82. The van der Waals surface area contributed by atoms with E-state index in [4.69, 9.17) is 15.2 Å². The summed E-state index contributed by atoms with van der Waals surface area (Å²) < 4.78 is 11.6. The number of nitrogen functional groups attached to an aromatic ring is 1. The Kier molecular flexibility index (Phi) is 11.1. The van der Waals surface area contributed by atoms with Crippen molar-refractivity contribution in [2.45, 2.75) is 39.5 Å². The van der Waals surface area contributed by atoms with E-state index in [0.717, 1.165) is 56.6 Å². The van der Waals surface area contributed by atoms with E-state index >= 15 is 0 Å². The molecule has 0 saturated carbocycles. The summed E-state index contributed by atoms with van der Waals surface area (Å²) in [6, 6.07) is 13.4. The molecule has 0 radical (unpaired) electrons. The van der Waals surface area contributed by atoms with Gasteiger partial charge in [0.2, 0.25) is 11.7 Å². The molecule has 3 aromatic rings. The van der Waals surface area contributed by atoms with E-state index in [1.807, 2.05) is 36.9 Å². The third kappa shape index (κ3) is 7.94. The second-order valence-corrected chi connectivity index (χ2v) is 11.6. The van der Waals surface area contributed by atoms with Crippen LogP contribution in [0, 0.1) is 13.8 Å². The second kappa shape index (κ2) is 14.9. The van der Waals surface area contributed by atoms with Crippen LogP contribution in [0.2, 0.25) is 0 Å². The molecule has 10 nitrogen and oxygen atoms in total. The summed E-state index contributed by atoms with van der Waals surface area (Å²) in [5.74, 6) is -0.184. The summed E-state index contributed by atoms with van der Waals surface area (Å²) in [7, 11) is 5.09. The highest BCUT2D eigenvalue weighted by Crippen LogP contribution is 2.36. The fourth-order valence-electron chi connectivity index (χ4n) is 5.42. The number of aromatic hydroxyl groups is 1. The number of aryl methyl sites for hydroxylation is 2. The normalized spacial score (nSPS) is 13.4. The number of methoxy groups -OCH3 is 1. The molecule has 1 fully saturated rings. The van der Waals surface area contributed by atoms with Gasteiger partial charge in [-0.2, -0.15) is 0 Å². The van der Waals surface area contributed by atoms with E-state index in [-0.39, 0.29) is 39.8 Å². The van der Waals surface area contributed by atoms with Gasteiger partial charge in [0, 0.05) is 39.6 Å². The van der Waals surface area contributed by atoms with Gasteiger partial charge in [0.25, 0.3) is 5.91 Å². The number of carbonyl (C=O) groups excluding carboxylic acids is 3. The highest BCUT2D eigenvalue weighted by Gasteiger charge is 2.26. The zero-order valence-corrected chi connectivity index (χ0v) is 26.9. The number of rotatable bonds is 12. The molecule has 0 atom stereocenters. The van der Waals surface area contributed by atoms with Gasteiger partial charge < -0.3 is 35.0 Å². The Labute approximate surface area is 265 Å². The van der Waals surface area contributed by atoms with Crippen molar-refractivity contribution in [3.05, 3.63) is 76.3 Å². The molecule has 0 aromatic heterocycles. The number of carbonyl (C=O) groups is 3. The van der Waals surface area contributed by atoms with Crippen molar-refractivity contribution >= 4 is 29.0 Å². The lowest BCUT2D eigenvalue weighted by Crippen LogP contribution is -2.47. The topological polar surface area (TPSA) is 126 Å². The molecule has 45 heavy (non-hydrogen) atoms. The molecule has 1 aliphatic rings. The molecule has 2 amide bonds. The van der Waals surface area contributed by atoms with Crippen molar-refractivity contribution < 1.29 is 29.0 Å². The number of phenols is 1. The smallest absolute Gasteiger partial charge is 0.260 e. The molecule has 0 spiro atoms. The molecule has 0 unspecified atom stereocenters. The number of nitrogens with zero attached hydrogens (tertiary/aromatic N) is 3. The number of unbranched alkanes of at least 4 members (excludes halogenated alkanes) is 2. The van der Waals surface area contributed by atoms with Gasteiger partial charge in [0.05, 0.1) is 41.8 Å². The van der Waals surface area contributed by atoms with Crippen LogP contribution in [0.5, 0.6) is 17.2 Å². The number of hydrogen-bond donors (Lipinski definition) is 2. The molecule has 3 aromatic carbocycles. The Morgan fingerprint density at radius 2 is 1.53 bits per heavy atom. The van der Waals surface area contributed by atoms with Gasteiger partial charge in [-0.05, 0) is 87.7 Å². The molecular weight excluding hydrogens is 572 g/mol. The molecule has 0 bridgehead atoms. The molecule has 10 heteroatoms. The number of phenolic OH excluding ortho intramolecular Hbond substituents is 1. The van der Waals surface area contributed by atoms with Crippen LogP contribution in [0.1, 0.15) is 63.1 Å². The number of likely N-dealkylation sites (N-methyl/N-ethyl adjacent to an activating group) is 1. The molecule has 3 N–H and O–H groups in total. The molecule has 4 rings (SSSR count). The molecule has 1 heterocycles. The van der Waals surface area contributed by atoms with Gasteiger partial charge in [-0.15, -0.1) is 0 Å². The fourth-order valence-corrected chi connectivity index (χ4v) is 5.42. The Hall–Kier alpha value is -4.57. The zero-order valence-electron chi connectivity index (χ0n) is 26.9. The van der Waals surface area contributed by atoms with E-state index in [9.17, 15) is 19.5 Å². The summed E-state index contributed by atoms with van der Waals surface area (Å²) in [4.78, 5) is 45.1. The Bertz CT molecular complexity index is 1550. The maximum absolute atomic E-state index is 13.7. The van der Waals surface area contributed by atoms with E-state index in [1.165, 1.54) is 30.2 Å². The van der Waals surface area contributed by atoms with Crippen LogP contribution in [0.15, 0.2) is 48.5 Å². The first-order valence-corrected chi connectivity index (χ1v) is 15.3. The SMILES string of the molecule is COc1c(C(=O)c2ccc(C)cc2O)ccc(C(=O)N(C)c2ccc(C)cc2OCCCCCC(=O)N2CCN(C)CC2)c1N. The first kappa shape index (κ1) is 33.3. The first-order chi connectivity index (χ1) is 21.5. The van der Waals surface area contributed by atoms with Crippen molar-refractivity contribution in [2.75, 3.05) is 64.6 Å². The second-order valence-electron chi connectivity index (χ2n) is 11.6. The van der Waals surface area contributed by atoms with Crippen molar-refractivity contribution in [2.24, 2.45) is 0 Å². The molecule has 1 aliphatic heterocycles. The van der Waals surface area contributed by atoms with Crippen LogP contribution in [-0.4, -0.2) is 86.5 Å². The molecule has 240 valence electrons. The Morgan fingerprint density at radius 3 is 2.22 bits per heavy atom. The minimum Gasteiger partial charge on any atom is -0.507 e. The summed E-state index contributed by atoms with van der Waals surface area (Å²) >= 11 is 0. The lowest BCUT2D eigenvalue weighted by Gasteiger charge is -2.32. The van der Waals surface area contributed by atoms with Gasteiger partial charge >= 0.3 is 0 Å². The number of benzene rings is 3. The van der Waals surface area contributed by atoms with E-state index < -0.39 is 11.7 Å². The van der Waals surface area contributed by atoms with Gasteiger partial charge in [-0.1, -0.05) is 12.1 Å². The predicted molar refractivity (Wildman–Crippen MR) is 176 cm³/mol. The average molecular weight is 617 g/mol. The van der Waals surface area contributed by atoms with Gasteiger partial charge in [0.15, 0.2) is 5.75 Å². The largest absolute Gasteiger partial charge is 0.507 e. The van der Waals surface area contributed by atoms with Crippen molar-refractivity contribution in [1.29, 1.82) is 0 Å². The Morgan fingerprint density at radius 1 is 0.889 bits per heavy atom. The zero-order chi connectivity index (χ0) is 32.7. The maximum Gasteiger partial charge on any atom is 0.260 e. The quantitative estimate of drug-likeness (QED) is 0.169. The van der Waals surface area contributed by atoms with Gasteiger partial charge in [-0.25, -0.2) is 0 Å². The van der Waals surface area contributed by atoms with Crippen LogP contribution < -0.4 is 20.1 Å². The third-order valence-corrected chi connectivity index (χ3v) is 8.20. The Balaban J connectivity index is 1.41. The molecule has 0 aliphatic carbocycles. The number of piperazine rings is 1. The summed E-state index contributed by atoms with van der Waals surface area (Å²) in [6.45, 7) is 7.62. The molecule has 1 saturated heterocycles. The number of ketones is 1. The van der Waals surface area contributed by atoms with Crippen LogP contribution in [-0.2, 0) is 4.79 Å². The number of anilines is 2. The van der Waals surface area contributed by atoms with Crippen molar-refractivity contribution in [3.8, 4) is 17.2 Å². The summed E-state index contributed by atoms with van der Waals surface area (Å²) in [5.41, 5.74) is 9.20. The van der Waals surface area contributed by atoms with Gasteiger partial charge in [0.1, 0.15) is 11.5 Å². The molecular formula is C35H44N4O6. The van der Waals surface area contributed by atoms with Crippen LogP contribution in [0.3, 0.4) is 0 Å². The summed E-state index contributed by atoms with van der Waals surface area (Å²) in [6.07, 6.45) is 2.98. The number of hydrogen-bond acceptors (Lipinski definition) is 8. The van der Waals surface area contributed by atoms with Crippen molar-refractivity contribution in [1.82, 2.24) is 9.80 Å². The lowest BCUT2D eigenvalue weighted by molar-refractivity contribution is -0.132. The number of nitrogens with two attached hydrogens (primary N) is 1. The average Bonchev–Trinajstić information content (AvgIpc) is 3.02. The van der Waals surface area contributed by atoms with E-state index in [2.05, 4.69) is 11.9 Å². The minimum atomic E-state index is -0.471. The highest BCUT2D eigenvalue weighted by atomic mass is 16.5. The van der Waals surface area contributed by atoms with Gasteiger partial charge in [-0.3, -0.25) is 14.4 Å². The van der Waals surface area contributed by atoms with E-state index in [0.29, 0.717) is 24.5 Å². The summed E-state index contributed by atoms with van der Waals surface area (Å²) in [5, 5.41) is 10.3. The number of ether oxygens (including phenoxy) is 2. The fraction of sp³-hybridized carbons (Fsp3) is 0.400.